The maximum Gasteiger partial charge on any atom is 0.494 e. The van der Waals surface area contributed by atoms with Gasteiger partial charge < -0.3 is 19.0 Å². The van der Waals surface area contributed by atoms with Gasteiger partial charge in [-0.15, -0.1) is 0 Å². The zero-order valence-corrected chi connectivity index (χ0v) is 20.8. The molecule has 0 bridgehead atoms. The summed E-state index contributed by atoms with van der Waals surface area (Å²) in [6.07, 6.45) is 3.30. The van der Waals surface area contributed by atoms with Gasteiger partial charge in [0.1, 0.15) is 12.4 Å². The van der Waals surface area contributed by atoms with Crippen molar-refractivity contribution in [3.05, 3.63) is 72.2 Å². The molecule has 0 spiro atoms. The second kappa shape index (κ2) is 9.17. The number of rotatable bonds is 5. The number of imidazole rings is 1. The zero-order chi connectivity index (χ0) is 24.6. The van der Waals surface area contributed by atoms with Crippen molar-refractivity contribution >= 4 is 18.7 Å². The van der Waals surface area contributed by atoms with Crippen molar-refractivity contribution in [2.24, 2.45) is 0 Å². The van der Waals surface area contributed by atoms with Gasteiger partial charge in [-0.3, -0.25) is 4.90 Å². The summed E-state index contributed by atoms with van der Waals surface area (Å²) < 4.78 is 17.9. The van der Waals surface area contributed by atoms with Crippen molar-refractivity contribution in [1.29, 1.82) is 0 Å². The Morgan fingerprint density at radius 1 is 1.09 bits per heavy atom. The molecule has 8 heteroatoms. The Balaban J connectivity index is 1.25. The first-order valence-electron chi connectivity index (χ1n) is 12.2. The van der Waals surface area contributed by atoms with Gasteiger partial charge in [0.15, 0.2) is 0 Å². The van der Waals surface area contributed by atoms with Crippen LogP contribution in [-0.2, 0) is 20.7 Å². The summed E-state index contributed by atoms with van der Waals surface area (Å²) in [6, 6.07) is 17.7. The summed E-state index contributed by atoms with van der Waals surface area (Å²) >= 11 is 0. The van der Waals surface area contributed by atoms with Crippen LogP contribution in [0.25, 0.3) is 11.3 Å². The van der Waals surface area contributed by atoms with Crippen LogP contribution >= 0.6 is 0 Å². The molecule has 2 aliphatic heterocycles. The Kier molecular flexibility index (Phi) is 6.19. The molecule has 2 saturated heterocycles. The predicted octanol–water partition coefficient (Wildman–Crippen LogP) is 4.85. The minimum absolute atomic E-state index is 0.115. The van der Waals surface area contributed by atoms with Crippen molar-refractivity contribution < 1.29 is 18.8 Å². The number of aromatic amines is 1. The van der Waals surface area contributed by atoms with Crippen molar-refractivity contribution in [2.75, 3.05) is 6.54 Å². The fourth-order valence-electron chi connectivity index (χ4n) is 4.52. The number of hydrogen-bond donors (Lipinski definition) is 1. The fourth-order valence-corrected chi connectivity index (χ4v) is 4.52. The fraction of sp³-hybridized carbons (Fsp3) is 0.407. The van der Waals surface area contributed by atoms with Crippen molar-refractivity contribution in [1.82, 2.24) is 14.9 Å². The maximum absolute atomic E-state index is 12.8. The molecular weight excluding hydrogens is 441 g/mol. The molecule has 0 saturated carbocycles. The summed E-state index contributed by atoms with van der Waals surface area (Å²) in [5.41, 5.74) is 3.13. The summed E-state index contributed by atoms with van der Waals surface area (Å²) in [5, 5.41) is 0. The highest BCUT2D eigenvalue weighted by atomic mass is 16.7. The van der Waals surface area contributed by atoms with E-state index in [4.69, 9.17) is 14.0 Å². The third kappa shape index (κ3) is 4.73. The monoisotopic (exact) mass is 473 g/mol. The number of nitrogens with zero attached hydrogens (tertiary/aromatic N) is 2. The molecule has 1 amide bonds. The van der Waals surface area contributed by atoms with Crippen LogP contribution in [0.2, 0.25) is 0 Å². The minimum Gasteiger partial charge on any atom is -0.445 e. The molecule has 5 rings (SSSR count). The van der Waals surface area contributed by atoms with Crippen LogP contribution in [0.4, 0.5) is 4.79 Å². The first kappa shape index (κ1) is 23.6. The number of benzene rings is 2. The number of hydrogen-bond acceptors (Lipinski definition) is 5. The summed E-state index contributed by atoms with van der Waals surface area (Å²) in [4.78, 5) is 22.6. The lowest BCUT2D eigenvalue weighted by Gasteiger charge is -2.32. The van der Waals surface area contributed by atoms with Crippen LogP contribution in [0.1, 0.15) is 58.0 Å². The van der Waals surface area contributed by atoms with Gasteiger partial charge >= 0.3 is 13.2 Å². The Bertz CT molecular complexity index is 1160. The number of carbonyl (C=O) groups is 1. The van der Waals surface area contributed by atoms with Gasteiger partial charge in [0, 0.05) is 6.54 Å². The SMILES string of the molecule is CC1(C)OB(c2ccc(-c3cnc(C4CCCN4C(=O)OCc4ccccc4)[nH]3)cc2)OC1(C)C. The Labute approximate surface area is 206 Å². The molecule has 1 aromatic heterocycles. The molecule has 1 atom stereocenters. The van der Waals surface area contributed by atoms with Gasteiger partial charge in [-0.05, 0) is 57.1 Å². The first-order chi connectivity index (χ1) is 16.7. The van der Waals surface area contributed by atoms with Gasteiger partial charge in [-0.25, -0.2) is 9.78 Å². The van der Waals surface area contributed by atoms with E-state index in [1.165, 1.54) is 0 Å². The third-order valence-electron chi connectivity index (χ3n) is 7.35. The molecule has 35 heavy (non-hydrogen) atoms. The van der Waals surface area contributed by atoms with E-state index in [1.807, 2.05) is 60.8 Å². The normalized spacial score (nSPS) is 20.9. The lowest BCUT2D eigenvalue weighted by atomic mass is 9.79. The van der Waals surface area contributed by atoms with Crippen LogP contribution < -0.4 is 5.46 Å². The van der Waals surface area contributed by atoms with E-state index in [1.54, 1.807) is 4.90 Å². The minimum atomic E-state index is -0.389. The van der Waals surface area contributed by atoms with E-state index < -0.39 is 0 Å². The Morgan fingerprint density at radius 2 is 1.77 bits per heavy atom. The molecule has 2 aliphatic rings. The van der Waals surface area contributed by atoms with Crippen molar-refractivity contribution in [3.63, 3.8) is 0 Å². The summed E-state index contributed by atoms with van der Waals surface area (Å²) in [5.74, 6) is 0.782. The van der Waals surface area contributed by atoms with E-state index in [2.05, 4.69) is 37.7 Å². The van der Waals surface area contributed by atoms with E-state index in [0.717, 1.165) is 40.9 Å². The quantitative estimate of drug-likeness (QED) is 0.537. The molecule has 0 radical (unpaired) electrons. The van der Waals surface area contributed by atoms with Gasteiger partial charge in [-0.1, -0.05) is 54.6 Å². The summed E-state index contributed by atoms with van der Waals surface area (Å²) in [6.45, 7) is 9.14. The first-order valence-corrected chi connectivity index (χ1v) is 12.2. The van der Waals surface area contributed by atoms with Crippen molar-refractivity contribution in [3.8, 4) is 11.3 Å². The standard InChI is InChI=1S/C27H32BN3O4/c1-26(2)27(3,4)35-28(34-26)21-14-12-20(13-15-21)22-17-29-24(30-22)23-11-8-16-31(23)25(32)33-18-19-9-6-5-7-10-19/h5-7,9-10,12-15,17,23H,8,11,16,18H2,1-4H3,(H,29,30). The Hall–Kier alpha value is -3.10. The zero-order valence-electron chi connectivity index (χ0n) is 20.8. The highest BCUT2D eigenvalue weighted by Crippen LogP contribution is 2.37. The van der Waals surface area contributed by atoms with Crippen LogP contribution in [0.5, 0.6) is 0 Å². The smallest absolute Gasteiger partial charge is 0.445 e. The maximum atomic E-state index is 12.8. The molecule has 3 aromatic rings. The number of H-pyrrole nitrogens is 1. The lowest BCUT2D eigenvalue weighted by molar-refractivity contribution is 0.00578. The van der Waals surface area contributed by atoms with Crippen LogP contribution in [0.3, 0.4) is 0 Å². The van der Waals surface area contributed by atoms with Gasteiger partial charge in [0.2, 0.25) is 0 Å². The molecule has 0 aliphatic carbocycles. The highest BCUT2D eigenvalue weighted by molar-refractivity contribution is 6.62. The Morgan fingerprint density at radius 3 is 2.46 bits per heavy atom. The molecule has 1 unspecified atom stereocenters. The van der Waals surface area contributed by atoms with Gasteiger partial charge in [0.05, 0.1) is 29.1 Å². The number of aromatic nitrogens is 2. The molecule has 7 nitrogen and oxygen atoms in total. The largest absolute Gasteiger partial charge is 0.494 e. The van der Waals surface area contributed by atoms with Crippen LogP contribution in [0.15, 0.2) is 60.8 Å². The number of nitrogens with one attached hydrogen (secondary N) is 1. The number of likely N-dealkylation sites (tertiary alicyclic amines) is 1. The van der Waals surface area contributed by atoms with Gasteiger partial charge in [-0.2, -0.15) is 0 Å². The van der Waals surface area contributed by atoms with Crippen LogP contribution in [-0.4, -0.2) is 45.8 Å². The molecular formula is C27H32BN3O4. The lowest BCUT2D eigenvalue weighted by Crippen LogP contribution is -2.41. The topological polar surface area (TPSA) is 76.7 Å². The number of ether oxygens (including phenoxy) is 1. The average Bonchev–Trinajstić information content (AvgIpc) is 3.56. The van der Waals surface area contributed by atoms with E-state index in [0.29, 0.717) is 6.54 Å². The number of carbonyl (C=O) groups excluding carboxylic acids is 1. The van der Waals surface area contributed by atoms with Crippen LogP contribution in [0, 0.1) is 0 Å². The molecule has 3 heterocycles. The third-order valence-corrected chi connectivity index (χ3v) is 7.35. The highest BCUT2D eigenvalue weighted by Gasteiger charge is 2.51. The predicted molar refractivity (Wildman–Crippen MR) is 135 cm³/mol. The molecule has 1 N–H and O–H groups in total. The second-order valence-electron chi connectivity index (χ2n) is 10.3. The average molecular weight is 473 g/mol. The van der Waals surface area contributed by atoms with Crippen molar-refractivity contribution in [2.45, 2.75) is 64.4 Å². The summed E-state index contributed by atoms with van der Waals surface area (Å²) in [7, 11) is -0.389. The molecule has 2 aromatic carbocycles. The molecule has 2 fully saturated rings. The number of amides is 1. The second-order valence-corrected chi connectivity index (χ2v) is 10.3. The molecule has 182 valence electrons. The van der Waals surface area contributed by atoms with E-state index in [9.17, 15) is 4.79 Å². The van der Waals surface area contributed by atoms with E-state index >= 15 is 0 Å². The van der Waals surface area contributed by atoms with Gasteiger partial charge in [0.25, 0.3) is 0 Å². The van der Waals surface area contributed by atoms with E-state index in [-0.39, 0.29) is 37.1 Å².